The molecule has 0 saturated carbocycles. The summed E-state index contributed by atoms with van der Waals surface area (Å²) in [5.41, 5.74) is 0. The number of benzene rings is 1. The summed E-state index contributed by atoms with van der Waals surface area (Å²) in [6, 6.07) is 9.40. The van der Waals surface area contributed by atoms with Crippen molar-refractivity contribution in [1.82, 2.24) is 0 Å². The van der Waals surface area contributed by atoms with Gasteiger partial charge in [0.25, 0.3) is 0 Å². The first kappa shape index (κ1) is 9.43. The predicted octanol–water partition coefficient (Wildman–Crippen LogP) is 3.38. The maximum absolute atomic E-state index is 5.44. The molecule has 1 aromatic rings. The zero-order chi connectivity index (χ0) is 8.81. The third kappa shape index (κ3) is 3.65. The first-order chi connectivity index (χ1) is 5.79. The molecule has 0 atom stereocenters. The van der Waals surface area contributed by atoms with Crippen LogP contribution in [0.2, 0.25) is 0 Å². The van der Waals surface area contributed by atoms with Gasteiger partial charge in [-0.2, -0.15) is 0 Å². The summed E-state index contributed by atoms with van der Waals surface area (Å²) >= 11 is 10.9. The second kappa shape index (κ2) is 5.07. The van der Waals surface area contributed by atoms with Gasteiger partial charge in [-0.1, -0.05) is 18.2 Å². The van der Waals surface area contributed by atoms with Gasteiger partial charge in [-0.15, -0.1) is 23.2 Å². The largest absolute Gasteiger partial charge is 0.465 e. The van der Waals surface area contributed by atoms with E-state index in [4.69, 9.17) is 27.9 Å². The molecule has 1 aromatic carbocycles. The molecule has 0 aliphatic rings. The molecule has 0 saturated heterocycles. The number of allylic oxidation sites excluding steroid dienone is 1. The molecule has 1 rings (SSSR count). The van der Waals surface area contributed by atoms with Gasteiger partial charge in [0.15, 0.2) is 0 Å². The van der Waals surface area contributed by atoms with Crippen molar-refractivity contribution < 1.29 is 4.74 Å². The third-order valence-corrected chi connectivity index (χ3v) is 1.46. The third-order valence-electron chi connectivity index (χ3n) is 1.17. The van der Waals surface area contributed by atoms with Crippen LogP contribution in [0, 0.1) is 0 Å². The number of hydrogen-bond acceptors (Lipinski definition) is 1. The van der Waals surface area contributed by atoms with Crippen molar-refractivity contribution in [2.45, 2.75) is 4.84 Å². The van der Waals surface area contributed by atoms with Gasteiger partial charge < -0.3 is 4.74 Å². The number of rotatable bonds is 3. The highest BCUT2D eigenvalue weighted by Crippen LogP contribution is 2.09. The summed E-state index contributed by atoms with van der Waals surface area (Å²) < 4.78 is 5.17. The lowest BCUT2D eigenvalue weighted by molar-refractivity contribution is 0.480. The maximum atomic E-state index is 5.44. The lowest BCUT2D eigenvalue weighted by atomic mass is 10.3. The Morgan fingerprint density at radius 2 is 1.83 bits per heavy atom. The first-order valence-electron chi connectivity index (χ1n) is 3.45. The lowest BCUT2D eigenvalue weighted by Crippen LogP contribution is -1.83. The Morgan fingerprint density at radius 1 is 1.17 bits per heavy atom. The Kier molecular flexibility index (Phi) is 3.98. The van der Waals surface area contributed by atoms with Gasteiger partial charge in [0.05, 0.1) is 6.26 Å². The number of para-hydroxylation sites is 1. The van der Waals surface area contributed by atoms with Gasteiger partial charge in [0.1, 0.15) is 10.6 Å². The fraction of sp³-hybridized carbons (Fsp3) is 0.111. The number of halogens is 2. The smallest absolute Gasteiger partial charge is 0.129 e. The normalized spacial score (nSPS) is 10.9. The highest BCUT2D eigenvalue weighted by molar-refractivity contribution is 6.45. The monoisotopic (exact) mass is 202 g/mol. The van der Waals surface area contributed by atoms with Crippen LogP contribution in [0.1, 0.15) is 0 Å². The Hall–Kier alpha value is -0.660. The molecule has 0 aromatic heterocycles. The van der Waals surface area contributed by atoms with Gasteiger partial charge in [-0.05, 0) is 18.2 Å². The molecular formula is C9H8Cl2O. The second-order valence-corrected chi connectivity index (χ2v) is 3.26. The minimum absolute atomic E-state index is 0.520. The lowest BCUT2D eigenvalue weighted by Gasteiger charge is -1.97. The van der Waals surface area contributed by atoms with Gasteiger partial charge in [-0.25, -0.2) is 0 Å². The summed E-state index contributed by atoms with van der Waals surface area (Å²) in [7, 11) is 0. The summed E-state index contributed by atoms with van der Waals surface area (Å²) in [5, 5.41) is 0. The van der Waals surface area contributed by atoms with Gasteiger partial charge in [0.2, 0.25) is 0 Å². The molecule has 64 valence electrons. The highest BCUT2D eigenvalue weighted by Gasteiger charge is 1.89. The van der Waals surface area contributed by atoms with E-state index in [0.29, 0.717) is 0 Å². The molecule has 0 aliphatic heterocycles. The molecular weight excluding hydrogens is 195 g/mol. The van der Waals surface area contributed by atoms with E-state index in [1.807, 2.05) is 30.3 Å². The summed E-state index contributed by atoms with van der Waals surface area (Å²) in [6.07, 6.45) is 3.02. The van der Waals surface area contributed by atoms with Crippen molar-refractivity contribution in [1.29, 1.82) is 0 Å². The predicted molar refractivity (Wildman–Crippen MR) is 51.7 cm³/mol. The van der Waals surface area contributed by atoms with Crippen LogP contribution in [0.25, 0.3) is 0 Å². The molecule has 1 nitrogen and oxygen atoms in total. The van der Waals surface area contributed by atoms with E-state index in [1.54, 1.807) is 6.08 Å². The average Bonchev–Trinajstić information content (AvgIpc) is 2.05. The van der Waals surface area contributed by atoms with Crippen molar-refractivity contribution in [3.8, 4) is 5.75 Å². The van der Waals surface area contributed by atoms with Gasteiger partial charge in [0, 0.05) is 0 Å². The zero-order valence-electron chi connectivity index (χ0n) is 6.28. The fourth-order valence-corrected chi connectivity index (χ4v) is 0.795. The molecule has 0 heterocycles. The summed E-state index contributed by atoms with van der Waals surface area (Å²) in [5.74, 6) is 0.766. The van der Waals surface area contributed by atoms with E-state index in [2.05, 4.69) is 0 Å². The minimum Gasteiger partial charge on any atom is -0.465 e. The number of alkyl halides is 2. The van der Waals surface area contributed by atoms with Crippen LogP contribution in [-0.2, 0) is 0 Å². The molecule has 0 fully saturated rings. The van der Waals surface area contributed by atoms with Crippen LogP contribution in [0.15, 0.2) is 42.7 Å². The Morgan fingerprint density at radius 3 is 2.42 bits per heavy atom. The van der Waals surface area contributed by atoms with E-state index < -0.39 is 4.84 Å². The Balaban J connectivity index is 2.43. The Bertz CT molecular complexity index is 244. The topological polar surface area (TPSA) is 9.23 Å². The van der Waals surface area contributed by atoms with E-state index in [0.717, 1.165) is 5.75 Å². The first-order valence-corrected chi connectivity index (χ1v) is 4.33. The molecule has 12 heavy (non-hydrogen) atoms. The highest BCUT2D eigenvalue weighted by atomic mass is 35.5. The molecule has 0 radical (unpaired) electrons. The Labute approximate surface area is 81.6 Å². The zero-order valence-corrected chi connectivity index (χ0v) is 7.79. The molecule has 0 N–H and O–H groups in total. The summed E-state index contributed by atoms with van der Waals surface area (Å²) in [4.78, 5) is -0.520. The van der Waals surface area contributed by atoms with Crippen molar-refractivity contribution in [3.63, 3.8) is 0 Å². The van der Waals surface area contributed by atoms with Crippen LogP contribution in [0.4, 0.5) is 0 Å². The van der Waals surface area contributed by atoms with Crippen LogP contribution >= 0.6 is 23.2 Å². The average molecular weight is 203 g/mol. The summed E-state index contributed by atoms with van der Waals surface area (Å²) in [6.45, 7) is 0. The molecule has 0 amide bonds. The van der Waals surface area contributed by atoms with Crippen LogP contribution in [0.3, 0.4) is 0 Å². The minimum atomic E-state index is -0.520. The quantitative estimate of drug-likeness (QED) is 0.540. The van der Waals surface area contributed by atoms with E-state index in [1.165, 1.54) is 6.26 Å². The standard InChI is InChI=1S/C9H8Cl2O/c10-9(11)6-7-12-8-4-2-1-3-5-8/h1-7,9H. The van der Waals surface area contributed by atoms with E-state index >= 15 is 0 Å². The second-order valence-electron chi connectivity index (χ2n) is 2.09. The van der Waals surface area contributed by atoms with Crippen LogP contribution in [-0.4, -0.2) is 4.84 Å². The molecule has 3 heteroatoms. The van der Waals surface area contributed by atoms with Gasteiger partial charge in [-0.3, -0.25) is 0 Å². The van der Waals surface area contributed by atoms with Crippen molar-refractivity contribution in [2.75, 3.05) is 0 Å². The SMILES string of the molecule is ClC(Cl)C=COc1ccccc1. The van der Waals surface area contributed by atoms with E-state index in [9.17, 15) is 0 Å². The van der Waals surface area contributed by atoms with Crippen molar-refractivity contribution >= 4 is 23.2 Å². The maximum Gasteiger partial charge on any atom is 0.129 e. The van der Waals surface area contributed by atoms with Crippen LogP contribution in [0.5, 0.6) is 5.75 Å². The van der Waals surface area contributed by atoms with Crippen LogP contribution < -0.4 is 4.74 Å². The van der Waals surface area contributed by atoms with Gasteiger partial charge >= 0.3 is 0 Å². The molecule has 0 aliphatic carbocycles. The molecule has 0 unspecified atom stereocenters. The molecule has 0 spiro atoms. The fourth-order valence-electron chi connectivity index (χ4n) is 0.676. The van der Waals surface area contributed by atoms with E-state index in [-0.39, 0.29) is 0 Å². The van der Waals surface area contributed by atoms with Crippen molar-refractivity contribution in [3.05, 3.63) is 42.7 Å². The molecule has 0 bridgehead atoms. The van der Waals surface area contributed by atoms with Crippen molar-refractivity contribution in [2.24, 2.45) is 0 Å². The number of hydrogen-bond donors (Lipinski definition) is 0. The number of ether oxygens (including phenoxy) is 1.